The highest BCUT2D eigenvalue weighted by molar-refractivity contribution is 7.81. The first kappa shape index (κ1) is 18.1. The fourth-order valence-electron chi connectivity index (χ4n) is 2.94. The molecule has 0 unspecified atom stereocenters. The van der Waals surface area contributed by atoms with Gasteiger partial charge in [0.2, 0.25) is 0 Å². The fraction of sp³-hybridized carbons (Fsp3) is 0.250. The number of benzene rings is 2. The van der Waals surface area contributed by atoms with Crippen LogP contribution < -0.4 is 24.8 Å². The molecule has 0 aromatic heterocycles. The lowest BCUT2D eigenvalue weighted by Crippen LogP contribution is -2.24. The maximum Gasteiger partial charge on any atom is 0.161 e. The molecule has 0 aliphatic carbocycles. The molecular weight excluding hydrogens is 348 g/mol. The summed E-state index contributed by atoms with van der Waals surface area (Å²) in [5.41, 5.74) is 4.13. The van der Waals surface area contributed by atoms with Crippen molar-refractivity contribution in [2.45, 2.75) is 6.42 Å². The molecule has 2 aromatic carbocycles. The van der Waals surface area contributed by atoms with Crippen LogP contribution in [0.5, 0.6) is 17.2 Å². The van der Waals surface area contributed by atoms with Crippen molar-refractivity contribution in [2.24, 2.45) is 0 Å². The fourth-order valence-corrected chi connectivity index (χ4v) is 3.18. The highest BCUT2D eigenvalue weighted by atomic mass is 32.1. The van der Waals surface area contributed by atoms with E-state index >= 15 is 0 Å². The molecular formula is C20H22N2O3S. The molecule has 1 aliphatic heterocycles. The number of nitrogens with one attached hydrogen (secondary N) is 2. The third kappa shape index (κ3) is 3.91. The van der Waals surface area contributed by atoms with Gasteiger partial charge in [-0.2, -0.15) is 0 Å². The number of fused-ring (bicyclic) bond motifs is 1. The highest BCUT2D eigenvalue weighted by Gasteiger charge is 2.18. The van der Waals surface area contributed by atoms with Gasteiger partial charge in [0.25, 0.3) is 0 Å². The molecule has 0 spiro atoms. The minimum Gasteiger partial charge on any atom is -0.497 e. The number of anilines is 1. The number of rotatable bonds is 5. The number of hydrogen-bond donors (Lipinski definition) is 2. The van der Waals surface area contributed by atoms with E-state index in [0.29, 0.717) is 10.7 Å². The molecule has 2 N–H and O–H groups in total. The SMILES string of the molecule is COc1cccc(NC(=S)/C=C2\NCCc3cc(OC)c(OC)cc32)c1. The van der Waals surface area contributed by atoms with Crippen LogP contribution in [-0.4, -0.2) is 32.9 Å². The molecule has 6 heteroatoms. The van der Waals surface area contributed by atoms with Gasteiger partial charge in [-0.3, -0.25) is 0 Å². The second kappa shape index (κ2) is 8.10. The van der Waals surface area contributed by atoms with Crippen molar-refractivity contribution in [1.82, 2.24) is 5.32 Å². The maximum atomic E-state index is 5.51. The van der Waals surface area contributed by atoms with Crippen molar-refractivity contribution < 1.29 is 14.2 Å². The van der Waals surface area contributed by atoms with E-state index in [9.17, 15) is 0 Å². The van der Waals surface area contributed by atoms with Crippen molar-refractivity contribution in [3.8, 4) is 17.2 Å². The summed E-state index contributed by atoms with van der Waals surface area (Å²) in [6.45, 7) is 0.843. The van der Waals surface area contributed by atoms with Gasteiger partial charge in [-0.05, 0) is 42.3 Å². The van der Waals surface area contributed by atoms with Crippen LogP contribution in [0.4, 0.5) is 5.69 Å². The van der Waals surface area contributed by atoms with E-state index in [-0.39, 0.29) is 0 Å². The molecule has 0 radical (unpaired) electrons. The van der Waals surface area contributed by atoms with Crippen LogP contribution in [0, 0.1) is 0 Å². The molecule has 2 aromatic rings. The van der Waals surface area contributed by atoms with Crippen LogP contribution in [0.1, 0.15) is 11.1 Å². The quantitative estimate of drug-likeness (QED) is 0.619. The summed E-state index contributed by atoms with van der Waals surface area (Å²) in [6.07, 6.45) is 2.85. The number of ether oxygens (including phenoxy) is 3. The van der Waals surface area contributed by atoms with E-state index in [1.165, 1.54) is 5.56 Å². The van der Waals surface area contributed by atoms with Crippen molar-refractivity contribution in [3.63, 3.8) is 0 Å². The Morgan fingerprint density at radius 3 is 2.58 bits per heavy atom. The van der Waals surface area contributed by atoms with Gasteiger partial charge < -0.3 is 24.8 Å². The molecule has 3 rings (SSSR count). The lowest BCUT2D eigenvalue weighted by Gasteiger charge is -2.23. The van der Waals surface area contributed by atoms with Gasteiger partial charge in [-0.15, -0.1) is 0 Å². The Balaban J connectivity index is 1.86. The van der Waals surface area contributed by atoms with E-state index in [4.69, 9.17) is 26.4 Å². The van der Waals surface area contributed by atoms with E-state index in [1.807, 2.05) is 42.5 Å². The Hall–Kier alpha value is -2.73. The zero-order chi connectivity index (χ0) is 18.5. The van der Waals surface area contributed by atoms with E-state index < -0.39 is 0 Å². The Morgan fingerprint density at radius 2 is 1.85 bits per heavy atom. The second-order valence-corrected chi connectivity index (χ2v) is 6.26. The van der Waals surface area contributed by atoms with Crippen LogP contribution in [0.3, 0.4) is 0 Å². The predicted molar refractivity (Wildman–Crippen MR) is 108 cm³/mol. The third-order valence-electron chi connectivity index (χ3n) is 4.22. The van der Waals surface area contributed by atoms with Crippen LogP contribution in [0.15, 0.2) is 42.5 Å². The minimum absolute atomic E-state index is 0.614. The van der Waals surface area contributed by atoms with Crippen LogP contribution in [-0.2, 0) is 6.42 Å². The maximum absolute atomic E-state index is 5.51. The van der Waals surface area contributed by atoms with Gasteiger partial charge in [0, 0.05) is 29.6 Å². The topological polar surface area (TPSA) is 51.8 Å². The monoisotopic (exact) mass is 370 g/mol. The first-order valence-corrected chi connectivity index (χ1v) is 8.71. The van der Waals surface area contributed by atoms with Crippen LogP contribution >= 0.6 is 12.2 Å². The smallest absolute Gasteiger partial charge is 0.161 e. The van der Waals surface area contributed by atoms with Crippen molar-refractivity contribution >= 4 is 28.6 Å². The van der Waals surface area contributed by atoms with E-state index in [0.717, 1.165) is 41.4 Å². The summed E-state index contributed by atoms with van der Waals surface area (Å²) in [5, 5.41) is 6.64. The summed E-state index contributed by atoms with van der Waals surface area (Å²) < 4.78 is 16.1. The Bertz CT molecular complexity index is 849. The van der Waals surface area contributed by atoms with Crippen molar-refractivity contribution in [1.29, 1.82) is 0 Å². The highest BCUT2D eigenvalue weighted by Crippen LogP contribution is 2.34. The lowest BCUT2D eigenvalue weighted by atomic mass is 9.97. The lowest BCUT2D eigenvalue weighted by molar-refractivity contribution is 0.354. The van der Waals surface area contributed by atoms with Gasteiger partial charge in [0.1, 0.15) is 10.7 Å². The predicted octanol–water partition coefficient (Wildman–Crippen LogP) is 3.64. The average molecular weight is 370 g/mol. The first-order chi connectivity index (χ1) is 12.6. The Kier molecular flexibility index (Phi) is 5.63. The van der Waals surface area contributed by atoms with Gasteiger partial charge >= 0.3 is 0 Å². The van der Waals surface area contributed by atoms with Crippen LogP contribution in [0.2, 0.25) is 0 Å². The standard InChI is InChI=1S/C20H22N2O3S/c1-23-15-6-4-5-14(10-15)22-20(26)12-17-16-11-19(25-3)18(24-2)9-13(16)7-8-21-17/h4-6,9-12,21H,7-8H2,1-3H3,(H,22,26)/b17-12-. The number of methoxy groups -OCH3 is 3. The van der Waals surface area contributed by atoms with Gasteiger partial charge in [0.15, 0.2) is 11.5 Å². The van der Waals surface area contributed by atoms with Gasteiger partial charge in [-0.25, -0.2) is 0 Å². The largest absolute Gasteiger partial charge is 0.497 e. The summed E-state index contributed by atoms with van der Waals surface area (Å²) in [5.74, 6) is 2.22. The molecule has 1 aliphatic rings. The number of hydrogen-bond acceptors (Lipinski definition) is 5. The second-order valence-electron chi connectivity index (χ2n) is 5.82. The average Bonchev–Trinajstić information content (AvgIpc) is 2.67. The summed E-state index contributed by atoms with van der Waals surface area (Å²) in [4.78, 5) is 0.614. The third-order valence-corrected chi connectivity index (χ3v) is 4.44. The summed E-state index contributed by atoms with van der Waals surface area (Å²) >= 11 is 5.51. The molecule has 0 atom stereocenters. The molecule has 0 saturated carbocycles. The Labute approximate surface area is 159 Å². The minimum atomic E-state index is 0.614. The zero-order valence-corrected chi connectivity index (χ0v) is 15.9. The normalized spacial score (nSPS) is 14.2. The molecule has 1 heterocycles. The Morgan fingerprint density at radius 1 is 1.08 bits per heavy atom. The van der Waals surface area contributed by atoms with Gasteiger partial charge in [-0.1, -0.05) is 18.3 Å². The van der Waals surface area contributed by atoms with Crippen molar-refractivity contribution in [3.05, 3.63) is 53.6 Å². The molecule has 26 heavy (non-hydrogen) atoms. The van der Waals surface area contributed by atoms with Gasteiger partial charge in [0.05, 0.1) is 21.3 Å². The molecule has 0 saturated heterocycles. The molecule has 136 valence electrons. The van der Waals surface area contributed by atoms with E-state index in [2.05, 4.69) is 10.6 Å². The molecule has 0 amide bonds. The summed E-state index contributed by atoms with van der Waals surface area (Å²) in [6, 6.07) is 11.7. The number of thiocarbonyl (C=S) groups is 1. The first-order valence-electron chi connectivity index (χ1n) is 8.30. The van der Waals surface area contributed by atoms with Crippen LogP contribution in [0.25, 0.3) is 5.70 Å². The molecule has 5 nitrogen and oxygen atoms in total. The van der Waals surface area contributed by atoms with Crippen molar-refractivity contribution in [2.75, 3.05) is 33.2 Å². The van der Waals surface area contributed by atoms with E-state index in [1.54, 1.807) is 21.3 Å². The molecule has 0 bridgehead atoms. The summed E-state index contributed by atoms with van der Waals surface area (Å²) in [7, 11) is 4.93. The molecule has 0 fully saturated rings. The zero-order valence-electron chi connectivity index (χ0n) is 15.1.